The molecule has 0 atom stereocenters. The number of hydrogen-bond acceptors (Lipinski definition) is 1. The molecule has 9 aromatic carbocycles. The zero-order valence-electron chi connectivity index (χ0n) is 29.9. The molecule has 0 saturated heterocycles. The molecule has 250 valence electrons. The third-order valence-corrected chi connectivity index (χ3v) is 12.0. The van der Waals surface area contributed by atoms with Crippen LogP contribution in [0.4, 0.5) is 17.1 Å². The van der Waals surface area contributed by atoms with Gasteiger partial charge in [0, 0.05) is 34.0 Å². The second-order valence-electron chi connectivity index (χ2n) is 15.2. The molecule has 0 saturated carbocycles. The molecule has 1 heteroatoms. The van der Waals surface area contributed by atoms with Gasteiger partial charge in [-0.2, -0.15) is 0 Å². The standard InChI is InChI=1S/C52H37N/c1-52(2)45-25-10-9-22-42(45)50-43(24-14-26-46(50)52)49-39-20-7-8-21-40(39)51(53-47-27-11-4-16-35(47)31-36-17-5-12-28-48(36)53)41-30-29-34(32-44(41)49)38-23-13-18-33-15-3-6-19-37(33)38/h3-30,32H,31H2,1-2H3. The highest BCUT2D eigenvalue weighted by Crippen LogP contribution is 2.56. The molecule has 1 aliphatic carbocycles. The van der Waals surface area contributed by atoms with Crippen molar-refractivity contribution in [2.24, 2.45) is 0 Å². The van der Waals surface area contributed by atoms with Crippen LogP contribution in [0.25, 0.3) is 65.7 Å². The third kappa shape index (κ3) is 4.31. The summed E-state index contributed by atoms with van der Waals surface area (Å²) in [5.74, 6) is 0. The lowest BCUT2D eigenvalue weighted by Gasteiger charge is -2.35. The Kier molecular flexibility index (Phi) is 6.43. The Bertz CT molecular complexity index is 2910. The number of rotatable bonds is 3. The van der Waals surface area contributed by atoms with Gasteiger partial charge in [0.05, 0.1) is 5.69 Å². The smallest absolute Gasteiger partial charge is 0.0619 e. The average molecular weight is 676 g/mol. The molecule has 0 unspecified atom stereocenters. The zero-order valence-corrected chi connectivity index (χ0v) is 29.9. The van der Waals surface area contributed by atoms with E-state index in [1.807, 2.05) is 0 Å². The van der Waals surface area contributed by atoms with Crippen molar-refractivity contribution in [1.82, 2.24) is 0 Å². The highest BCUT2D eigenvalue weighted by atomic mass is 15.2. The molecule has 0 aromatic heterocycles. The molecular weight excluding hydrogens is 639 g/mol. The second kappa shape index (κ2) is 11.3. The first-order valence-electron chi connectivity index (χ1n) is 18.7. The van der Waals surface area contributed by atoms with Gasteiger partial charge in [-0.3, -0.25) is 0 Å². The fourth-order valence-corrected chi connectivity index (χ4v) is 9.63. The van der Waals surface area contributed by atoms with Crippen molar-refractivity contribution in [1.29, 1.82) is 0 Å². The van der Waals surface area contributed by atoms with Crippen LogP contribution in [0.3, 0.4) is 0 Å². The topological polar surface area (TPSA) is 3.24 Å². The number of anilines is 3. The Morgan fingerprint density at radius 1 is 0.415 bits per heavy atom. The summed E-state index contributed by atoms with van der Waals surface area (Å²) in [6.07, 6.45) is 0.924. The van der Waals surface area contributed by atoms with Crippen LogP contribution in [0.5, 0.6) is 0 Å². The molecular formula is C52H37N. The number of nitrogens with zero attached hydrogens (tertiary/aromatic N) is 1. The van der Waals surface area contributed by atoms with Crippen LogP contribution in [0.1, 0.15) is 36.1 Å². The van der Waals surface area contributed by atoms with Gasteiger partial charge in [0.1, 0.15) is 0 Å². The van der Waals surface area contributed by atoms with Crippen LogP contribution in [0.15, 0.2) is 176 Å². The predicted octanol–water partition coefficient (Wildman–Crippen LogP) is 14.2. The second-order valence-corrected chi connectivity index (χ2v) is 15.2. The molecule has 1 heterocycles. The van der Waals surface area contributed by atoms with E-state index in [1.165, 1.54) is 105 Å². The van der Waals surface area contributed by atoms with Gasteiger partial charge in [-0.25, -0.2) is 0 Å². The van der Waals surface area contributed by atoms with Gasteiger partial charge < -0.3 is 4.90 Å². The summed E-state index contributed by atoms with van der Waals surface area (Å²) in [6.45, 7) is 4.76. The minimum absolute atomic E-state index is 0.0944. The van der Waals surface area contributed by atoms with Crippen LogP contribution in [-0.4, -0.2) is 0 Å². The highest BCUT2D eigenvalue weighted by molar-refractivity contribution is 6.24. The zero-order chi connectivity index (χ0) is 35.3. The van der Waals surface area contributed by atoms with E-state index in [4.69, 9.17) is 0 Å². The maximum absolute atomic E-state index is 2.55. The van der Waals surface area contributed by atoms with Gasteiger partial charge in [-0.05, 0) is 95.4 Å². The fraction of sp³-hybridized carbons (Fsp3) is 0.0769. The van der Waals surface area contributed by atoms with E-state index in [2.05, 4.69) is 195 Å². The SMILES string of the molecule is CC1(C)c2ccccc2-c2c(-c3c4ccccc4c(N4c5ccccc5Cc5ccccc54)c4ccc(-c5cccc6ccccc56)cc34)cccc21. The van der Waals surface area contributed by atoms with E-state index in [-0.39, 0.29) is 5.41 Å². The Labute approximate surface area is 310 Å². The molecule has 1 aliphatic heterocycles. The Hall–Kier alpha value is -6.44. The van der Waals surface area contributed by atoms with Crippen LogP contribution in [-0.2, 0) is 11.8 Å². The number of para-hydroxylation sites is 2. The van der Waals surface area contributed by atoms with Crippen molar-refractivity contribution in [3.63, 3.8) is 0 Å². The van der Waals surface area contributed by atoms with Gasteiger partial charge in [-0.1, -0.05) is 172 Å². The summed E-state index contributed by atoms with van der Waals surface area (Å²) in [5, 5.41) is 7.55. The average Bonchev–Trinajstić information content (AvgIpc) is 3.45. The molecule has 0 bridgehead atoms. The molecule has 53 heavy (non-hydrogen) atoms. The summed E-state index contributed by atoms with van der Waals surface area (Å²) in [7, 11) is 0. The third-order valence-electron chi connectivity index (χ3n) is 12.0. The quantitative estimate of drug-likeness (QED) is 0.169. The van der Waals surface area contributed by atoms with Crippen LogP contribution in [0, 0.1) is 0 Å². The van der Waals surface area contributed by atoms with Gasteiger partial charge in [-0.15, -0.1) is 0 Å². The van der Waals surface area contributed by atoms with Crippen molar-refractivity contribution in [3.8, 4) is 33.4 Å². The minimum atomic E-state index is -0.0944. The van der Waals surface area contributed by atoms with E-state index in [0.717, 1.165) is 6.42 Å². The number of hydrogen-bond donors (Lipinski definition) is 0. The monoisotopic (exact) mass is 675 g/mol. The number of benzene rings is 9. The maximum atomic E-state index is 2.55. The van der Waals surface area contributed by atoms with E-state index < -0.39 is 0 Å². The lowest BCUT2D eigenvalue weighted by atomic mass is 9.81. The number of fused-ring (bicyclic) bond motifs is 8. The Balaban J connectivity index is 1.31. The van der Waals surface area contributed by atoms with Crippen LogP contribution >= 0.6 is 0 Å². The van der Waals surface area contributed by atoms with Crippen molar-refractivity contribution < 1.29 is 0 Å². The first kappa shape index (κ1) is 30.2. The van der Waals surface area contributed by atoms with Gasteiger partial charge in [0.25, 0.3) is 0 Å². The largest absolute Gasteiger partial charge is 0.309 e. The molecule has 0 spiro atoms. The summed E-state index contributed by atoms with van der Waals surface area (Å²) < 4.78 is 0. The van der Waals surface area contributed by atoms with Crippen molar-refractivity contribution >= 4 is 49.4 Å². The highest BCUT2D eigenvalue weighted by Gasteiger charge is 2.37. The van der Waals surface area contributed by atoms with Gasteiger partial charge in [0.2, 0.25) is 0 Å². The van der Waals surface area contributed by atoms with E-state index in [9.17, 15) is 0 Å². The predicted molar refractivity (Wildman–Crippen MR) is 225 cm³/mol. The van der Waals surface area contributed by atoms with Gasteiger partial charge >= 0.3 is 0 Å². The van der Waals surface area contributed by atoms with E-state index >= 15 is 0 Å². The minimum Gasteiger partial charge on any atom is -0.309 e. The maximum Gasteiger partial charge on any atom is 0.0619 e. The van der Waals surface area contributed by atoms with Crippen molar-refractivity contribution in [3.05, 3.63) is 198 Å². The first-order valence-corrected chi connectivity index (χ1v) is 18.7. The lowest BCUT2D eigenvalue weighted by molar-refractivity contribution is 0.660. The summed E-state index contributed by atoms with van der Waals surface area (Å²) in [6, 6.07) is 65.7. The van der Waals surface area contributed by atoms with Crippen LogP contribution in [0.2, 0.25) is 0 Å². The summed E-state index contributed by atoms with van der Waals surface area (Å²) in [4.78, 5) is 2.55. The summed E-state index contributed by atoms with van der Waals surface area (Å²) >= 11 is 0. The normalized spacial score (nSPS) is 13.9. The lowest BCUT2D eigenvalue weighted by Crippen LogP contribution is -2.19. The van der Waals surface area contributed by atoms with E-state index in [1.54, 1.807) is 0 Å². The van der Waals surface area contributed by atoms with Gasteiger partial charge in [0.15, 0.2) is 0 Å². The molecule has 9 aromatic rings. The van der Waals surface area contributed by atoms with Crippen molar-refractivity contribution in [2.75, 3.05) is 4.90 Å². The van der Waals surface area contributed by atoms with E-state index in [0.29, 0.717) is 0 Å². The first-order chi connectivity index (χ1) is 26.1. The molecule has 1 nitrogen and oxygen atoms in total. The molecule has 0 fully saturated rings. The van der Waals surface area contributed by atoms with Crippen molar-refractivity contribution in [2.45, 2.75) is 25.7 Å². The summed E-state index contributed by atoms with van der Waals surface area (Å²) in [5.41, 5.74) is 16.9. The Morgan fingerprint density at radius 3 is 1.79 bits per heavy atom. The molecule has 0 amide bonds. The molecule has 0 N–H and O–H groups in total. The fourth-order valence-electron chi connectivity index (χ4n) is 9.63. The van der Waals surface area contributed by atoms with Crippen LogP contribution < -0.4 is 4.90 Å². The molecule has 2 aliphatic rings. The Morgan fingerprint density at radius 2 is 0.981 bits per heavy atom. The molecule has 11 rings (SSSR count). The molecule has 0 radical (unpaired) electrons.